The summed E-state index contributed by atoms with van der Waals surface area (Å²) in [5.74, 6) is -0.215. The Morgan fingerprint density at radius 1 is 1.09 bits per heavy atom. The molecule has 2 fully saturated rings. The molecule has 0 atom stereocenters. The van der Waals surface area contributed by atoms with E-state index in [1.807, 2.05) is 52.6 Å². The van der Waals surface area contributed by atoms with Crippen molar-refractivity contribution >= 4 is 52.5 Å². The lowest BCUT2D eigenvalue weighted by atomic mass is 9.75. The number of halogens is 1. The van der Waals surface area contributed by atoms with Gasteiger partial charge in [-0.05, 0) is 67.1 Å². The molecule has 45 heavy (non-hydrogen) atoms. The van der Waals surface area contributed by atoms with Crippen LogP contribution in [0, 0.1) is 6.92 Å². The fourth-order valence-electron chi connectivity index (χ4n) is 5.47. The SMILES string of the molecule is Cc1ccc(N2CC(=O)NS2(=O)=O)cc1Oc1nc2cc(-c3ccc(C4(O)CCC4)cc3)c(Cl)cc2n1COCC[Si](C)(C)C. The highest BCUT2D eigenvalue weighted by Gasteiger charge is 2.36. The maximum Gasteiger partial charge on any atom is 0.326 e. The van der Waals surface area contributed by atoms with E-state index in [9.17, 15) is 18.3 Å². The van der Waals surface area contributed by atoms with E-state index in [-0.39, 0.29) is 19.3 Å². The molecule has 1 amide bonds. The van der Waals surface area contributed by atoms with Gasteiger partial charge >= 0.3 is 16.2 Å². The van der Waals surface area contributed by atoms with Gasteiger partial charge in [-0.2, -0.15) is 13.4 Å². The summed E-state index contributed by atoms with van der Waals surface area (Å²) >= 11 is 6.86. The van der Waals surface area contributed by atoms with Crippen molar-refractivity contribution in [1.82, 2.24) is 14.3 Å². The van der Waals surface area contributed by atoms with Gasteiger partial charge in [0.2, 0.25) is 0 Å². The first-order valence-corrected chi connectivity index (χ1v) is 20.5. The number of hydrogen-bond donors (Lipinski definition) is 2. The van der Waals surface area contributed by atoms with Gasteiger partial charge in [0.1, 0.15) is 19.0 Å². The summed E-state index contributed by atoms with van der Waals surface area (Å²) in [6.07, 6.45) is 2.56. The molecule has 1 aliphatic carbocycles. The lowest BCUT2D eigenvalue weighted by Crippen LogP contribution is -2.33. The number of nitrogens with zero attached hydrogens (tertiary/aromatic N) is 3. The number of nitrogens with one attached hydrogen (secondary N) is 1. The molecule has 238 valence electrons. The molecular formula is C32H37ClN4O6SSi. The summed E-state index contributed by atoms with van der Waals surface area (Å²) in [5, 5.41) is 11.3. The molecule has 1 aliphatic heterocycles. The highest BCUT2D eigenvalue weighted by Crippen LogP contribution is 2.42. The van der Waals surface area contributed by atoms with Gasteiger partial charge in [0, 0.05) is 26.3 Å². The molecule has 0 spiro atoms. The molecular weight excluding hydrogens is 632 g/mol. The smallest absolute Gasteiger partial charge is 0.326 e. The Morgan fingerprint density at radius 2 is 1.82 bits per heavy atom. The molecule has 2 N–H and O–H groups in total. The van der Waals surface area contributed by atoms with Crippen molar-refractivity contribution in [3.63, 3.8) is 0 Å². The van der Waals surface area contributed by atoms with Crippen LogP contribution >= 0.6 is 11.6 Å². The molecule has 13 heteroatoms. The Labute approximate surface area is 269 Å². The van der Waals surface area contributed by atoms with E-state index in [0.29, 0.717) is 28.6 Å². The molecule has 1 aromatic heterocycles. The highest BCUT2D eigenvalue weighted by atomic mass is 35.5. The number of rotatable bonds is 10. The Balaban J connectivity index is 1.36. The Kier molecular flexibility index (Phi) is 8.23. The number of amides is 1. The second-order valence-corrected chi connectivity index (χ2v) is 20.7. The van der Waals surface area contributed by atoms with Crippen molar-refractivity contribution in [2.45, 2.75) is 64.2 Å². The number of aliphatic hydroxyl groups is 1. The van der Waals surface area contributed by atoms with Gasteiger partial charge in [-0.15, -0.1) is 0 Å². The Hall–Kier alpha value is -3.42. The number of carbonyl (C=O) groups excluding carboxylic acids is 1. The lowest BCUT2D eigenvalue weighted by Gasteiger charge is -2.37. The van der Waals surface area contributed by atoms with Crippen LogP contribution in [0.2, 0.25) is 30.7 Å². The van der Waals surface area contributed by atoms with Crippen LogP contribution in [-0.4, -0.2) is 50.2 Å². The lowest BCUT2D eigenvalue weighted by molar-refractivity contribution is -0.117. The third-order valence-corrected chi connectivity index (χ3v) is 11.8. The van der Waals surface area contributed by atoms with Crippen LogP contribution in [0.15, 0.2) is 54.6 Å². The number of ether oxygens (including phenoxy) is 2. The van der Waals surface area contributed by atoms with Crippen molar-refractivity contribution in [3.05, 3.63) is 70.7 Å². The molecule has 3 aromatic carbocycles. The normalized spacial score (nSPS) is 17.4. The number of aromatic nitrogens is 2. The average Bonchev–Trinajstić information content (AvgIpc) is 3.43. The topological polar surface area (TPSA) is 123 Å². The first-order chi connectivity index (χ1) is 21.2. The largest absolute Gasteiger partial charge is 0.425 e. The van der Waals surface area contributed by atoms with Crippen LogP contribution in [0.5, 0.6) is 11.8 Å². The molecule has 0 radical (unpaired) electrons. The van der Waals surface area contributed by atoms with E-state index in [0.717, 1.165) is 57.4 Å². The fourth-order valence-corrected chi connectivity index (χ4v) is 7.64. The van der Waals surface area contributed by atoms with Gasteiger partial charge in [-0.1, -0.05) is 61.6 Å². The third-order valence-electron chi connectivity index (χ3n) is 8.41. The number of anilines is 1. The van der Waals surface area contributed by atoms with Crippen molar-refractivity contribution in [2.75, 3.05) is 17.5 Å². The highest BCUT2D eigenvalue weighted by molar-refractivity contribution is 7.92. The molecule has 0 unspecified atom stereocenters. The second kappa shape index (κ2) is 11.7. The predicted molar refractivity (Wildman–Crippen MR) is 178 cm³/mol. The van der Waals surface area contributed by atoms with Gasteiger partial charge in [0.25, 0.3) is 5.91 Å². The first kappa shape index (κ1) is 31.6. The number of aryl methyl sites for hydroxylation is 1. The van der Waals surface area contributed by atoms with E-state index in [4.69, 9.17) is 26.1 Å². The van der Waals surface area contributed by atoms with E-state index in [2.05, 4.69) is 19.6 Å². The van der Waals surface area contributed by atoms with Gasteiger partial charge in [0.15, 0.2) is 0 Å². The fraction of sp³-hybridized carbons (Fsp3) is 0.375. The molecule has 10 nitrogen and oxygen atoms in total. The van der Waals surface area contributed by atoms with E-state index >= 15 is 0 Å². The quantitative estimate of drug-likeness (QED) is 0.150. The molecule has 2 aliphatic rings. The Bertz CT molecular complexity index is 1880. The molecule has 0 bridgehead atoms. The maximum atomic E-state index is 12.5. The number of imidazole rings is 1. The molecule has 1 saturated heterocycles. The summed E-state index contributed by atoms with van der Waals surface area (Å²) in [6.45, 7) is 9.16. The van der Waals surface area contributed by atoms with Crippen LogP contribution in [-0.2, 0) is 32.1 Å². The zero-order valence-electron chi connectivity index (χ0n) is 25.8. The van der Waals surface area contributed by atoms with E-state index < -0.39 is 29.8 Å². The molecule has 6 rings (SSSR count). The van der Waals surface area contributed by atoms with E-state index in [1.165, 1.54) is 0 Å². The number of fused-ring (bicyclic) bond motifs is 1. The van der Waals surface area contributed by atoms with Crippen molar-refractivity contribution in [1.29, 1.82) is 0 Å². The summed E-state index contributed by atoms with van der Waals surface area (Å²) in [6, 6.07) is 17.8. The minimum atomic E-state index is -3.98. The van der Waals surface area contributed by atoms with Crippen LogP contribution in [0.3, 0.4) is 0 Å². The van der Waals surface area contributed by atoms with Crippen molar-refractivity contribution in [3.8, 4) is 22.9 Å². The second-order valence-electron chi connectivity index (χ2n) is 13.0. The zero-order valence-corrected chi connectivity index (χ0v) is 28.3. The predicted octanol–water partition coefficient (Wildman–Crippen LogP) is 6.32. The van der Waals surface area contributed by atoms with Gasteiger partial charge < -0.3 is 14.6 Å². The summed E-state index contributed by atoms with van der Waals surface area (Å²) < 4.78 is 42.2. The summed E-state index contributed by atoms with van der Waals surface area (Å²) in [4.78, 5) is 16.7. The third kappa shape index (κ3) is 6.47. The van der Waals surface area contributed by atoms with E-state index in [1.54, 1.807) is 18.2 Å². The maximum absolute atomic E-state index is 12.5. The van der Waals surface area contributed by atoms with Crippen molar-refractivity contribution in [2.24, 2.45) is 0 Å². The zero-order chi connectivity index (χ0) is 32.1. The van der Waals surface area contributed by atoms with Crippen molar-refractivity contribution < 1.29 is 27.8 Å². The van der Waals surface area contributed by atoms with Gasteiger partial charge in [-0.3, -0.25) is 9.36 Å². The average molecular weight is 669 g/mol. The minimum Gasteiger partial charge on any atom is -0.425 e. The monoisotopic (exact) mass is 668 g/mol. The summed E-state index contributed by atoms with van der Waals surface area (Å²) in [7, 11) is -5.30. The first-order valence-electron chi connectivity index (χ1n) is 15.0. The van der Waals surface area contributed by atoms with Crippen LogP contribution < -0.4 is 13.8 Å². The number of carbonyl (C=O) groups is 1. The standard InChI is InChI=1S/C32H37ClN4O6SSi/c1-21-6-11-24(37-19-30(38)35-44(37,40)41)16-29(21)43-31-34-27-17-25(22-7-9-23(10-8-22)32(39)12-5-13-32)26(33)18-28(27)36(31)20-42-14-15-45(2,3)4/h6-11,16-18,39H,5,12-15,19-20H2,1-4H3,(H,35,38). The van der Waals surface area contributed by atoms with Crippen LogP contribution in [0.25, 0.3) is 22.2 Å². The van der Waals surface area contributed by atoms with Crippen LogP contribution in [0.4, 0.5) is 5.69 Å². The van der Waals surface area contributed by atoms with Gasteiger partial charge in [-0.25, -0.2) is 9.03 Å². The molecule has 4 aromatic rings. The molecule has 1 saturated carbocycles. The molecule has 2 heterocycles. The number of hydrogen-bond acceptors (Lipinski definition) is 7. The van der Waals surface area contributed by atoms with Gasteiger partial charge in [0.05, 0.1) is 27.3 Å². The number of benzene rings is 3. The summed E-state index contributed by atoms with van der Waals surface area (Å²) in [5.41, 5.74) is 4.27. The van der Waals surface area contributed by atoms with Crippen LogP contribution in [0.1, 0.15) is 30.4 Å². The Morgan fingerprint density at radius 3 is 2.44 bits per heavy atom. The minimum absolute atomic E-state index is 0.178.